The summed E-state index contributed by atoms with van der Waals surface area (Å²) in [6.45, 7) is 8.45. The van der Waals surface area contributed by atoms with Gasteiger partial charge in [0.05, 0.1) is 13.2 Å². The van der Waals surface area contributed by atoms with Crippen LogP contribution in [0.15, 0.2) is 24.3 Å². The average Bonchev–Trinajstić information content (AvgIpc) is 2.60. The molecule has 4 nitrogen and oxygen atoms in total. The van der Waals surface area contributed by atoms with Crippen molar-refractivity contribution in [2.24, 2.45) is 0 Å². The van der Waals surface area contributed by atoms with Crippen LogP contribution < -0.4 is 10.1 Å². The first kappa shape index (κ1) is 20.1. The maximum absolute atomic E-state index is 12.1. The van der Waals surface area contributed by atoms with Crippen LogP contribution in [0, 0.1) is 0 Å². The number of ether oxygens (including phenoxy) is 2. The molecule has 0 saturated carbocycles. The molecule has 1 N–H and O–H groups in total. The minimum Gasteiger partial charge on any atom is -0.435 e. The van der Waals surface area contributed by atoms with Crippen LogP contribution >= 0.6 is 0 Å². The van der Waals surface area contributed by atoms with E-state index < -0.39 is 6.61 Å². The van der Waals surface area contributed by atoms with Gasteiger partial charge < -0.3 is 14.8 Å². The topological polar surface area (TPSA) is 33.7 Å². The fraction of sp³-hybridized carbons (Fsp3) is 0.684. The molecule has 0 radical (unpaired) electrons. The molecule has 25 heavy (non-hydrogen) atoms. The van der Waals surface area contributed by atoms with Gasteiger partial charge in [0.1, 0.15) is 5.75 Å². The van der Waals surface area contributed by atoms with Gasteiger partial charge in [0.2, 0.25) is 0 Å². The van der Waals surface area contributed by atoms with Crippen LogP contribution in [0.3, 0.4) is 0 Å². The maximum atomic E-state index is 12.1. The van der Waals surface area contributed by atoms with Gasteiger partial charge in [-0.1, -0.05) is 12.1 Å². The predicted molar refractivity (Wildman–Crippen MR) is 95.3 cm³/mol. The Labute approximate surface area is 149 Å². The highest BCUT2D eigenvalue weighted by molar-refractivity contribution is 5.27. The fourth-order valence-corrected chi connectivity index (χ4v) is 3.03. The molecule has 1 heterocycles. The van der Waals surface area contributed by atoms with Gasteiger partial charge in [-0.05, 0) is 51.3 Å². The van der Waals surface area contributed by atoms with E-state index >= 15 is 0 Å². The Bertz CT molecular complexity index is 503. The highest BCUT2D eigenvalue weighted by Crippen LogP contribution is 2.17. The molecule has 6 heteroatoms. The van der Waals surface area contributed by atoms with Crippen LogP contribution in [0.2, 0.25) is 0 Å². The normalized spacial score (nSPS) is 17.7. The van der Waals surface area contributed by atoms with Crippen LogP contribution in [-0.4, -0.2) is 55.9 Å². The lowest BCUT2D eigenvalue weighted by Crippen LogP contribution is -2.55. The van der Waals surface area contributed by atoms with Crippen molar-refractivity contribution in [1.82, 2.24) is 10.2 Å². The Kier molecular flexibility index (Phi) is 7.59. The molecule has 0 bridgehead atoms. The third-order valence-electron chi connectivity index (χ3n) is 4.76. The number of rotatable bonds is 9. The molecule has 1 saturated heterocycles. The molecule has 1 atom stereocenters. The number of halogens is 2. The van der Waals surface area contributed by atoms with E-state index in [0.29, 0.717) is 6.04 Å². The van der Waals surface area contributed by atoms with Crippen LogP contribution in [0.4, 0.5) is 8.78 Å². The second-order valence-corrected chi connectivity index (χ2v) is 7.25. The van der Waals surface area contributed by atoms with E-state index in [9.17, 15) is 8.78 Å². The van der Waals surface area contributed by atoms with Crippen molar-refractivity contribution in [2.45, 2.75) is 51.8 Å². The fourth-order valence-electron chi connectivity index (χ4n) is 3.03. The molecule has 1 aromatic carbocycles. The first-order valence-corrected chi connectivity index (χ1v) is 8.97. The van der Waals surface area contributed by atoms with Crippen LogP contribution in [-0.2, 0) is 11.2 Å². The monoisotopic (exact) mass is 356 g/mol. The minimum atomic E-state index is -2.77. The molecule has 1 unspecified atom stereocenters. The van der Waals surface area contributed by atoms with Crippen molar-refractivity contribution in [3.63, 3.8) is 0 Å². The van der Waals surface area contributed by atoms with Gasteiger partial charge in [-0.3, -0.25) is 4.90 Å². The molecule has 1 aromatic rings. The quantitative estimate of drug-likeness (QED) is 0.736. The van der Waals surface area contributed by atoms with E-state index in [1.807, 2.05) is 12.1 Å². The zero-order chi connectivity index (χ0) is 18.3. The van der Waals surface area contributed by atoms with Crippen molar-refractivity contribution >= 4 is 0 Å². The summed E-state index contributed by atoms with van der Waals surface area (Å²) in [5.41, 5.74) is 1.23. The van der Waals surface area contributed by atoms with Crippen molar-refractivity contribution in [3.8, 4) is 5.75 Å². The first-order chi connectivity index (χ1) is 11.9. The van der Waals surface area contributed by atoms with E-state index in [0.717, 1.165) is 51.3 Å². The largest absolute Gasteiger partial charge is 0.435 e. The molecular weight excluding hydrogens is 326 g/mol. The second-order valence-electron chi connectivity index (χ2n) is 7.25. The molecule has 142 valence electrons. The molecule has 1 aliphatic rings. The Hall–Kier alpha value is -1.24. The van der Waals surface area contributed by atoms with Gasteiger partial charge in [-0.2, -0.15) is 8.78 Å². The van der Waals surface area contributed by atoms with Crippen LogP contribution in [0.25, 0.3) is 0 Å². The number of alkyl halides is 2. The Balaban J connectivity index is 1.71. The maximum Gasteiger partial charge on any atom is 0.387 e. The number of nitrogens with zero attached hydrogens (tertiary/aromatic N) is 1. The summed E-state index contributed by atoms with van der Waals surface area (Å²) in [7, 11) is 0. The van der Waals surface area contributed by atoms with Crippen molar-refractivity contribution in [1.29, 1.82) is 0 Å². The first-order valence-electron chi connectivity index (χ1n) is 8.97. The lowest BCUT2D eigenvalue weighted by Gasteiger charge is -2.41. The van der Waals surface area contributed by atoms with E-state index in [4.69, 9.17) is 4.74 Å². The van der Waals surface area contributed by atoms with Gasteiger partial charge in [0.15, 0.2) is 0 Å². The van der Waals surface area contributed by atoms with Gasteiger partial charge >= 0.3 is 6.61 Å². The molecule has 0 amide bonds. The summed E-state index contributed by atoms with van der Waals surface area (Å²) in [5, 5.41) is 3.62. The zero-order valence-corrected chi connectivity index (χ0v) is 15.4. The van der Waals surface area contributed by atoms with E-state index in [-0.39, 0.29) is 11.3 Å². The summed E-state index contributed by atoms with van der Waals surface area (Å²) in [6.07, 6.45) is 1.90. The molecular formula is C19H30F2N2O2. The van der Waals surface area contributed by atoms with Gasteiger partial charge in [0, 0.05) is 31.2 Å². The second kappa shape index (κ2) is 9.46. The Morgan fingerprint density at radius 2 is 1.84 bits per heavy atom. The van der Waals surface area contributed by atoms with Gasteiger partial charge in [0.25, 0.3) is 0 Å². The molecule has 0 aliphatic carbocycles. The number of hydrogen-bond acceptors (Lipinski definition) is 4. The summed E-state index contributed by atoms with van der Waals surface area (Å²) >= 11 is 0. The number of benzene rings is 1. The summed E-state index contributed by atoms with van der Waals surface area (Å²) in [5.74, 6) is 0.206. The summed E-state index contributed by atoms with van der Waals surface area (Å²) in [4.78, 5) is 2.47. The van der Waals surface area contributed by atoms with E-state index in [1.54, 1.807) is 12.1 Å². The third kappa shape index (κ3) is 6.88. The smallest absolute Gasteiger partial charge is 0.387 e. The Morgan fingerprint density at radius 1 is 1.20 bits per heavy atom. The number of aryl methyl sites for hydroxylation is 1. The number of hydrogen-bond donors (Lipinski definition) is 1. The minimum absolute atomic E-state index is 0.103. The molecule has 0 spiro atoms. The Morgan fingerprint density at radius 3 is 2.44 bits per heavy atom. The highest BCUT2D eigenvalue weighted by Gasteiger charge is 2.28. The van der Waals surface area contributed by atoms with Gasteiger partial charge in [-0.25, -0.2) is 0 Å². The summed E-state index contributed by atoms with van der Waals surface area (Å²) in [6, 6.07) is 7.28. The zero-order valence-electron chi connectivity index (χ0n) is 15.4. The van der Waals surface area contributed by atoms with Gasteiger partial charge in [-0.15, -0.1) is 0 Å². The predicted octanol–water partition coefficient (Wildman–Crippen LogP) is 3.31. The van der Waals surface area contributed by atoms with Crippen molar-refractivity contribution in [3.05, 3.63) is 29.8 Å². The summed E-state index contributed by atoms with van der Waals surface area (Å²) < 4.78 is 34.1. The van der Waals surface area contributed by atoms with Crippen molar-refractivity contribution < 1.29 is 18.3 Å². The SMILES string of the molecule is CC(CCc1ccc(OC(F)F)cc1)NCC(C)(C)N1CCOCC1. The van der Waals surface area contributed by atoms with Crippen LogP contribution in [0.1, 0.15) is 32.8 Å². The molecule has 2 rings (SSSR count). The van der Waals surface area contributed by atoms with E-state index in [1.165, 1.54) is 0 Å². The van der Waals surface area contributed by atoms with E-state index in [2.05, 4.69) is 35.7 Å². The lowest BCUT2D eigenvalue weighted by molar-refractivity contribution is -0.0498. The number of nitrogens with one attached hydrogen (secondary N) is 1. The van der Waals surface area contributed by atoms with Crippen molar-refractivity contribution in [2.75, 3.05) is 32.8 Å². The average molecular weight is 356 g/mol. The highest BCUT2D eigenvalue weighted by atomic mass is 19.3. The molecule has 1 aliphatic heterocycles. The molecule has 1 fully saturated rings. The standard InChI is InChI=1S/C19H30F2N2O2/c1-15(22-14-19(2,3)23-10-12-24-13-11-23)4-5-16-6-8-17(9-7-16)25-18(20)21/h6-9,15,18,22H,4-5,10-14H2,1-3H3. The lowest BCUT2D eigenvalue weighted by atomic mass is 10.0. The molecule has 0 aromatic heterocycles. The van der Waals surface area contributed by atoms with Crippen LogP contribution in [0.5, 0.6) is 5.75 Å². The third-order valence-corrected chi connectivity index (χ3v) is 4.76. The number of morpholine rings is 1.